The Hall–Kier alpha value is -2.29. The van der Waals surface area contributed by atoms with Crippen LogP contribution in [0.2, 0.25) is 0 Å². The molecule has 142 valence electrons. The van der Waals surface area contributed by atoms with E-state index in [9.17, 15) is 4.79 Å². The van der Waals surface area contributed by atoms with Gasteiger partial charge in [-0.15, -0.1) is 0 Å². The number of hydrogen-bond donors (Lipinski definition) is 0. The van der Waals surface area contributed by atoms with Gasteiger partial charge in [0.15, 0.2) is 0 Å². The van der Waals surface area contributed by atoms with E-state index >= 15 is 0 Å². The number of benzene rings is 2. The predicted octanol–water partition coefficient (Wildman–Crippen LogP) is 5.95. The fraction of sp³-hybridized carbons (Fsp3) is 0.458. The van der Waals surface area contributed by atoms with E-state index in [2.05, 4.69) is 32.0 Å². The Bertz CT molecular complexity index is 860. The van der Waals surface area contributed by atoms with Crippen LogP contribution in [-0.4, -0.2) is 5.97 Å². The molecule has 2 fully saturated rings. The number of carbonyl (C=O) groups excluding carboxylic acids is 1. The summed E-state index contributed by atoms with van der Waals surface area (Å²) in [6, 6.07) is 10.5. The van der Waals surface area contributed by atoms with E-state index in [1.807, 2.05) is 19.1 Å². The van der Waals surface area contributed by atoms with Crippen LogP contribution in [0.3, 0.4) is 0 Å². The maximum Gasteiger partial charge on any atom is 0.310 e. The Labute approximate surface area is 161 Å². The van der Waals surface area contributed by atoms with E-state index in [-0.39, 0.29) is 5.97 Å². The number of aryl methyl sites for hydroxylation is 2. The number of esters is 1. The maximum absolute atomic E-state index is 11.9. The normalized spacial score (nSPS) is 16.3. The zero-order valence-corrected chi connectivity index (χ0v) is 16.5. The van der Waals surface area contributed by atoms with Gasteiger partial charge in [-0.3, -0.25) is 4.79 Å². The van der Waals surface area contributed by atoms with Crippen LogP contribution in [0.4, 0.5) is 0 Å². The minimum atomic E-state index is -0.200. The Kier molecular flexibility index (Phi) is 4.94. The predicted molar refractivity (Wildman–Crippen MR) is 107 cm³/mol. The Morgan fingerprint density at radius 1 is 0.963 bits per heavy atom. The molecule has 0 saturated heterocycles. The summed E-state index contributed by atoms with van der Waals surface area (Å²) in [6.45, 7) is 6.56. The molecule has 0 radical (unpaired) electrons. The second kappa shape index (κ2) is 7.38. The fourth-order valence-electron chi connectivity index (χ4n) is 3.60. The zero-order valence-electron chi connectivity index (χ0n) is 16.5. The molecule has 2 aliphatic carbocycles. The van der Waals surface area contributed by atoms with E-state index in [0.717, 1.165) is 11.3 Å². The van der Waals surface area contributed by atoms with Crippen molar-refractivity contribution in [3.05, 3.63) is 58.1 Å². The second-order valence-electron chi connectivity index (χ2n) is 7.96. The minimum absolute atomic E-state index is 0.200. The Morgan fingerprint density at radius 3 is 2.30 bits per heavy atom. The molecule has 0 bridgehead atoms. The molecule has 0 heterocycles. The number of ether oxygens (including phenoxy) is 2. The molecule has 2 aromatic carbocycles. The van der Waals surface area contributed by atoms with Crippen LogP contribution in [0.5, 0.6) is 11.5 Å². The van der Waals surface area contributed by atoms with Crippen molar-refractivity contribution < 1.29 is 14.3 Å². The quantitative estimate of drug-likeness (QED) is 0.450. The second-order valence-corrected chi connectivity index (χ2v) is 7.96. The summed E-state index contributed by atoms with van der Waals surface area (Å²) in [7, 11) is 0. The lowest BCUT2D eigenvalue weighted by atomic mass is 10.0. The molecule has 2 aromatic rings. The topological polar surface area (TPSA) is 35.5 Å². The van der Waals surface area contributed by atoms with Gasteiger partial charge in [-0.05, 0) is 85.8 Å². The fourth-order valence-corrected chi connectivity index (χ4v) is 3.60. The number of carbonyl (C=O) groups is 1. The van der Waals surface area contributed by atoms with E-state index < -0.39 is 0 Å². The molecule has 0 unspecified atom stereocenters. The van der Waals surface area contributed by atoms with Gasteiger partial charge in [-0.1, -0.05) is 25.1 Å². The van der Waals surface area contributed by atoms with Gasteiger partial charge >= 0.3 is 5.97 Å². The first-order valence-electron chi connectivity index (χ1n) is 10.1. The van der Waals surface area contributed by atoms with Gasteiger partial charge in [0.2, 0.25) is 0 Å². The summed E-state index contributed by atoms with van der Waals surface area (Å²) < 4.78 is 12.0. The van der Waals surface area contributed by atoms with Crippen LogP contribution in [0.25, 0.3) is 0 Å². The lowest BCUT2D eigenvalue weighted by Crippen LogP contribution is -2.10. The van der Waals surface area contributed by atoms with E-state index in [4.69, 9.17) is 9.47 Å². The molecule has 0 amide bonds. The van der Waals surface area contributed by atoms with E-state index in [0.29, 0.717) is 30.6 Å². The van der Waals surface area contributed by atoms with Crippen molar-refractivity contribution in [1.29, 1.82) is 0 Å². The van der Waals surface area contributed by atoms with Crippen LogP contribution in [0.1, 0.15) is 78.7 Å². The summed E-state index contributed by atoms with van der Waals surface area (Å²) in [4.78, 5) is 11.9. The highest BCUT2D eigenvalue weighted by molar-refractivity contribution is 5.72. The van der Waals surface area contributed by atoms with Crippen LogP contribution in [0, 0.1) is 13.8 Å². The molecule has 2 aliphatic rings. The largest absolute Gasteiger partial charge is 0.488 e. The van der Waals surface area contributed by atoms with Crippen molar-refractivity contribution in [2.45, 2.75) is 71.3 Å². The van der Waals surface area contributed by atoms with Gasteiger partial charge in [0.05, 0.1) is 0 Å². The minimum Gasteiger partial charge on any atom is -0.488 e. The first-order valence-corrected chi connectivity index (χ1v) is 10.1. The summed E-state index contributed by atoms with van der Waals surface area (Å²) in [5.74, 6) is 2.65. The van der Waals surface area contributed by atoms with Crippen molar-refractivity contribution in [1.82, 2.24) is 0 Å². The summed E-state index contributed by atoms with van der Waals surface area (Å²) in [6.07, 6.45) is 5.27. The van der Waals surface area contributed by atoms with Crippen molar-refractivity contribution in [3.8, 4) is 11.5 Å². The van der Waals surface area contributed by atoms with Crippen molar-refractivity contribution >= 4 is 5.97 Å². The molecule has 0 spiro atoms. The smallest absolute Gasteiger partial charge is 0.310 e. The van der Waals surface area contributed by atoms with Crippen LogP contribution in [0.15, 0.2) is 30.3 Å². The molecule has 3 nitrogen and oxygen atoms in total. The van der Waals surface area contributed by atoms with Crippen molar-refractivity contribution in [2.75, 3.05) is 0 Å². The molecule has 0 aliphatic heterocycles. The molecular weight excluding hydrogens is 336 g/mol. The third kappa shape index (κ3) is 4.02. The standard InChI is InChI=1S/C24H28O3/c1-4-24(25)27-22-7-5-6-19(17-8-9-17)21(22)14-26-23-13-16(3)15(2)12-20(23)18-10-11-18/h5-7,12-13,17-18H,4,8-11,14H2,1-3H3. The van der Waals surface area contributed by atoms with Gasteiger partial charge in [0.25, 0.3) is 0 Å². The molecular formula is C24H28O3. The molecule has 2 saturated carbocycles. The molecule has 0 aromatic heterocycles. The monoisotopic (exact) mass is 364 g/mol. The van der Waals surface area contributed by atoms with Gasteiger partial charge in [-0.25, -0.2) is 0 Å². The lowest BCUT2D eigenvalue weighted by molar-refractivity contribution is -0.134. The van der Waals surface area contributed by atoms with Crippen LogP contribution < -0.4 is 9.47 Å². The summed E-state index contributed by atoms with van der Waals surface area (Å²) >= 11 is 0. The summed E-state index contributed by atoms with van der Waals surface area (Å²) in [5, 5.41) is 0. The SMILES string of the molecule is CCC(=O)Oc1cccc(C2CC2)c1COc1cc(C)c(C)cc1C1CC1. The maximum atomic E-state index is 11.9. The van der Waals surface area contributed by atoms with Gasteiger partial charge in [0.1, 0.15) is 18.1 Å². The molecule has 0 N–H and O–H groups in total. The average molecular weight is 364 g/mol. The van der Waals surface area contributed by atoms with E-state index in [1.165, 1.54) is 47.9 Å². The Morgan fingerprint density at radius 2 is 1.63 bits per heavy atom. The molecule has 4 rings (SSSR count). The summed E-state index contributed by atoms with van der Waals surface area (Å²) in [5.41, 5.74) is 6.20. The molecule has 0 atom stereocenters. The van der Waals surface area contributed by atoms with Crippen LogP contribution >= 0.6 is 0 Å². The average Bonchev–Trinajstić information content (AvgIpc) is 3.55. The Balaban J connectivity index is 1.63. The molecule has 3 heteroatoms. The number of rotatable bonds is 7. The highest BCUT2D eigenvalue weighted by atomic mass is 16.5. The van der Waals surface area contributed by atoms with E-state index in [1.54, 1.807) is 0 Å². The van der Waals surface area contributed by atoms with Crippen LogP contribution in [-0.2, 0) is 11.4 Å². The lowest BCUT2D eigenvalue weighted by Gasteiger charge is -2.18. The highest BCUT2D eigenvalue weighted by Crippen LogP contribution is 2.46. The molecule has 27 heavy (non-hydrogen) atoms. The first-order chi connectivity index (χ1) is 13.1. The van der Waals surface area contributed by atoms with Gasteiger partial charge < -0.3 is 9.47 Å². The van der Waals surface area contributed by atoms with Gasteiger partial charge in [-0.2, -0.15) is 0 Å². The highest BCUT2D eigenvalue weighted by Gasteiger charge is 2.30. The van der Waals surface area contributed by atoms with Crippen molar-refractivity contribution in [3.63, 3.8) is 0 Å². The number of hydrogen-bond acceptors (Lipinski definition) is 3. The van der Waals surface area contributed by atoms with Gasteiger partial charge in [0, 0.05) is 12.0 Å². The third-order valence-corrected chi connectivity index (χ3v) is 5.71. The van der Waals surface area contributed by atoms with Crippen molar-refractivity contribution in [2.24, 2.45) is 0 Å². The first kappa shape index (κ1) is 18.1. The third-order valence-electron chi connectivity index (χ3n) is 5.71. The zero-order chi connectivity index (χ0) is 19.0.